The van der Waals surface area contributed by atoms with Crippen LogP contribution in [0.1, 0.15) is 30.5 Å². The predicted octanol–water partition coefficient (Wildman–Crippen LogP) is 5.03. The second kappa shape index (κ2) is 8.97. The van der Waals surface area contributed by atoms with E-state index in [-0.39, 0.29) is 11.1 Å². The van der Waals surface area contributed by atoms with Crippen molar-refractivity contribution < 1.29 is 19.1 Å². The van der Waals surface area contributed by atoms with E-state index in [4.69, 9.17) is 9.47 Å². The van der Waals surface area contributed by atoms with Crippen molar-refractivity contribution in [3.8, 4) is 11.5 Å². The molecule has 0 bridgehead atoms. The quantitative estimate of drug-likeness (QED) is 0.614. The topological polar surface area (TPSA) is 55.8 Å². The van der Waals surface area contributed by atoms with E-state index in [1.807, 2.05) is 50.2 Å². The molecule has 3 rings (SSSR count). The van der Waals surface area contributed by atoms with Crippen LogP contribution in [-0.2, 0) is 11.4 Å². The molecule has 0 spiro atoms. The second-order valence-electron chi connectivity index (χ2n) is 6.34. The number of rotatable bonds is 7. The van der Waals surface area contributed by atoms with Gasteiger partial charge in [0, 0.05) is 6.54 Å². The summed E-state index contributed by atoms with van der Waals surface area (Å²) in [7, 11) is 0. The largest absolute Gasteiger partial charge is 0.490 e. The van der Waals surface area contributed by atoms with Gasteiger partial charge in [0.2, 0.25) is 0 Å². The minimum atomic E-state index is -0.254. The maximum absolute atomic E-state index is 12.3. The molecule has 28 heavy (non-hydrogen) atoms. The average Bonchev–Trinajstić information content (AvgIpc) is 2.94. The van der Waals surface area contributed by atoms with E-state index < -0.39 is 0 Å². The lowest BCUT2D eigenvalue weighted by molar-refractivity contribution is -0.122. The average molecular weight is 397 g/mol. The van der Waals surface area contributed by atoms with Crippen LogP contribution in [0.25, 0.3) is 6.08 Å². The zero-order valence-corrected chi connectivity index (χ0v) is 17.0. The van der Waals surface area contributed by atoms with E-state index in [0.29, 0.717) is 36.2 Å². The standard InChI is InChI=1S/C22H23NO4S/c1-4-23-21(24)20(28-22(23)25)13-16-9-10-18(19(12-16)26-5-2)27-14-17-8-6-7-15(3)11-17/h6-13H,4-5,14H2,1-3H3/b20-13+. The van der Waals surface area contributed by atoms with Gasteiger partial charge in [-0.05, 0) is 61.9 Å². The van der Waals surface area contributed by atoms with Crippen molar-refractivity contribution >= 4 is 29.0 Å². The fraction of sp³-hybridized carbons (Fsp3) is 0.273. The summed E-state index contributed by atoms with van der Waals surface area (Å²) < 4.78 is 11.7. The SMILES string of the molecule is CCOc1cc(/C=C2/SC(=O)N(CC)C2=O)ccc1OCc1cccc(C)c1. The third kappa shape index (κ3) is 4.57. The maximum atomic E-state index is 12.3. The highest BCUT2D eigenvalue weighted by atomic mass is 32.2. The van der Waals surface area contributed by atoms with Crippen LogP contribution >= 0.6 is 11.8 Å². The highest BCUT2D eigenvalue weighted by molar-refractivity contribution is 8.18. The summed E-state index contributed by atoms with van der Waals surface area (Å²) in [5, 5.41) is -0.234. The Bertz CT molecular complexity index is 923. The molecule has 1 aliphatic heterocycles. The molecule has 2 amide bonds. The van der Waals surface area contributed by atoms with Crippen LogP contribution in [0.4, 0.5) is 4.79 Å². The van der Waals surface area contributed by atoms with Crippen molar-refractivity contribution in [3.63, 3.8) is 0 Å². The molecule has 0 saturated carbocycles. The molecule has 0 unspecified atom stereocenters. The van der Waals surface area contributed by atoms with Crippen molar-refractivity contribution in [2.24, 2.45) is 0 Å². The number of hydrogen-bond acceptors (Lipinski definition) is 5. The van der Waals surface area contributed by atoms with Crippen LogP contribution in [0.2, 0.25) is 0 Å². The van der Waals surface area contributed by atoms with Gasteiger partial charge in [-0.15, -0.1) is 0 Å². The van der Waals surface area contributed by atoms with Crippen LogP contribution < -0.4 is 9.47 Å². The first-order valence-electron chi connectivity index (χ1n) is 9.22. The van der Waals surface area contributed by atoms with E-state index in [1.165, 1.54) is 10.5 Å². The number of thioether (sulfide) groups is 1. The Kier molecular flexibility index (Phi) is 6.41. The summed E-state index contributed by atoms with van der Waals surface area (Å²) in [6.45, 7) is 7.05. The van der Waals surface area contributed by atoms with E-state index in [2.05, 4.69) is 6.07 Å². The monoisotopic (exact) mass is 397 g/mol. The molecule has 5 nitrogen and oxygen atoms in total. The zero-order valence-electron chi connectivity index (χ0n) is 16.2. The molecular weight excluding hydrogens is 374 g/mol. The molecule has 0 atom stereocenters. The first kappa shape index (κ1) is 20.0. The van der Waals surface area contributed by atoms with E-state index >= 15 is 0 Å². The number of imide groups is 1. The van der Waals surface area contributed by atoms with E-state index in [0.717, 1.165) is 22.9 Å². The minimum Gasteiger partial charge on any atom is -0.490 e. The fourth-order valence-corrected chi connectivity index (χ4v) is 3.79. The number of amides is 2. The third-order valence-electron chi connectivity index (χ3n) is 4.23. The molecule has 0 aromatic heterocycles. The van der Waals surface area contributed by atoms with Gasteiger partial charge in [-0.1, -0.05) is 35.9 Å². The summed E-state index contributed by atoms with van der Waals surface area (Å²) in [4.78, 5) is 25.8. The van der Waals surface area contributed by atoms with Gasteiger partial charge in [0.25, 0.3) is 11.1 Å². The number of nitrogens with zero attached hydrogens (tertiary/aromatic N) is 1. The number of hydrogen-bond donors (Lipinski definition) is 0. The molecule has 2 aromatic rings. The maximum Gasteiger partial charge on any atom is 0.293 e. The Morgan fingerprint density at radius 2 is 1.86 bits per heavy atom. The number of likely N-dealkylation sites (N-methyl/N-ethyl adjacent to an activating group) is 1. The zero-order chi connectivity index (χ0) is 20.1. The molecule has 1 heterocycles. The molecule has 1 saturated heterocycles. The van der Waals surface area contributed by atoms with Crippen LogP contribution in [0.3, 0.4) is 0 Å². The van der Waals surface area contributed by atoms with E-state index in [1.54, 1.807) is 13.0 Å². The minimum absolute atomic E-state index is 0.234. The number of carbonyl (C=O) groups excluding carboxylic acids is 2. The van der Waals surface area contributed by atoms with Gasteiger partial charge in [0.05, 0.1) is 11.5 Å². The second-order valence-corrected chi connectivity index (χ2v) is 7.34. The van der Waals surface area contributed by atoms with Crippen LogP contribution in [0, 0.1) is 6.92 Å². The van der Waals surface area contributed by atoms with Gasteiger partial charge in [-0.3, -0.25) is 14.5 Å². The molecular formula is C22H23NO4S. The molecule has 0 aliphatic carbocycles. The normalized spacial score (nSPS) is 15.4. The predicted molar refractivity (Wildman–Crippen MR) is 111 cm³/mol. The summed E-state index contributed by atoms with van der Waals surface area (Å²) in [5.41, 5.74) is 3.05. The van der Waals surface area contributed by atoms with Gasteiger partial charge >= 0.3 is 0 Å². The molecule has 6 heteroatoms. The van der Waals surface area contributed by atoms with Gasteiger partial charge in [-0.25, -0.2) is 0 Å². The van der Waals surface area contributed by atoms with Gasteiger partial charge < -0.3 is 9.47 Å². The summed E-state index contributed by atoms with van der Waals surface area (Å²) >= 11 is 0.960. The highest BCUT2D eigenvalue weighted by Crippen LogP contribution is 2.34. The summed E-state index contributed by atoms with van der Waals surface area (Å²) in [5.74, 6) is 0.996. The van der Waals surface area contributed by atoms with Gasteiger partial charge in [0.15, 0.2) is 11.5 Å². The number of carbonyl (C=O) groups is 2. The Labute approximate surface area is 169 Å². The lowest BCUT2D eigenvalue weighted by Crippen LogP contribution is -2.27. The Morgan fingerprint density at radius 3 is 2.54 bits per heavy atom. The van der Waals surface area contributed by atoms with Crippen molar-refractivity contribution in [2.45, 2.75) is 27.4 Å². The number of benzene rings is 2. The summed E-state index contributed by atoms with van der Waals surface area (Å²) in [6.07, 6.45) is 1.72. The molecule has 146 valence electrons. The smallest absolute Gasteiger partial charge is 0.293 e. The van der Waals surface area contributed by atoms with E-state index in [9.17, 15) is 9.59 Å². The summed E-state index contributed by atoms with van der Waals surface area (Å²) in [6, 6.07) is 13.7. The van der Waals surface area contributed by atoms with Crippen LogP contribution in [-0.4, -0.2) is 29.2 Å². The molecule has 0 radical (unpaired) electrons. The van der Waals surface area contributed by atoms with Crippen LogP contribution in [0.15, 0.2) is 47.4 Å². The van der Waals surface area contributed by atoms with Crippen molar-refractivity contribution in [1.82, 2.24) is 4.90 Å². The molecule has 1 fully saturated rings. The number of aryl methyl sites for hydroxylation is 1. The fourth-order valence-electron chi connectivity index (χ4n) is 2.89. The molecule has 1 aliphatic rings. The Hall–Kier alpha value is -2.73. The lowest BCUT2D eigenvalue weighted by Gasteiger charge is -2.13. The molecule has 0 N–H and O–H groups in total. The van der Waals surface area contributed by atoms with Crippen molar-refractivity contribution in [2.75, 3.05) is 13.2 Å². The van der Waals surface area contributed by atoms with Crippen molar-refractivity contribution in [3.05, 3.63) is 64.1 Å². The van der Waals surface area contributed by atoms with Gasteiger partial charge in [0.1, 0.15) is 6.61 Å². The van der Waals surface area contributed by atoms with Crippen LogP contribution in [0.5, 0.6) is 11.5 Å². The highest BCUT2D eigenvalue weighted by Gasteiger charge is 2.33. The Balaban J connectivity index is 1.80. The molecule has 2 aromatic carbocycles. The third-order valence-corrected chi connectivity index (χ3v) is 5.14. The Morgan fingerprint density at radius 1 is 1.04 bits per heavy atom. The first-order chi connectivity index (χ1) is 13.5. The van der Waals surface area contributed by atoms with Crippen molar-refractivity contribution in [1.29, 1.82) is 0 Å². The lowest BCUT2D eigenvalue weighted by atomic mass is 10.1. The number of ether oxygens (including phenoxy) is 2. The van der Waals surface area contributed by atoms with Gasteiger partial charge in [-0.2, -0.15) is 0 Å². The first-order valence-corrected chi connectivity index (χ1v) is 10.0.